The van der Waals surface area contributed by atoms with Gasteiger partial charge in [0.25, 0.3) is 0 Å². The van der Waals surface area contributed by atoms with Crippen LogP contribution in [0.4, 0.5) is 8.78 Å². The topological polar surface area (TPSA) is 12.0 Å². The first-order chi connectivity index (χ1) is 8.70. The molecule has 18 heavy (non-hydrogen) atoms. The van der Waals surface area contributed by atoms with Gasteiger partial charge in [0.2, 0.25) is 0 Å². The van der Waals surface area contributed by atoms with Crippen molar-refractivity contribution in [3.05, 3.63) is 35.4 Å². The maximum Gasteiger partial charge on any atom is 0.162 e. The highest BCUT2D eigenvalue weighted by Gasteiger charge is 2.21. The van der Waals surface area contributed by atoms with Crippen LogP contribution in [0.1, 0.15) is 37.7 Å². The fourth-order valence-electron chi connectivity index (χ4n) is 2.93. The number of hydrogen-bond acceptors (Lipinski definition) is 1. The number of benzene rings is 1. The van der Waals surface area contributed by atoms with E-state index in [0.29, 0.717) is 23.9 Å². The Morgan fingerprint density at radius 1 is 1.22 bits per heavy atom. The maximum absolute atomic E-state index is 13.6. The van der Waals surface area contributed by atoms with Gasteiger partial charge in [-0.1, -0.05) is 31.4 Å². The van der Waals surface area contributed by atoms with Gasteiger partial charge in [-0.3, -0.25) is 0 Å². The van der Waals surface area contributed by atoms with Crippen molar-refractivity contribution in [2.75, 3.05) is 7.05 Å². The second kappa shape index (κ2) is 6.28. The van der Waals surface area contributed by atoms with Crippen LogP contribution >= 0.6 is 0 Å². The monoisotopic (exact) mass is 253 g/mol. The normalized spacial score (nSPS) is 24.8. The molecule has 0 saturated heterocycles. The van der Waals surface area contributed by atoms with Crippen molar-refractivity contribution in [1.82, 2.24) is 5.32 Å². The molecule has 2 rings (SSSR count). The van der Waals surface area contributed by atoms with Crippen molar-refractivity contribution in [3.63, 3.8) is 0 Å². The number of halogens is 2. The lowest BCUT2D eigenvalue weighted by atomic mass is 9.91. The molecule has 2 atom stereocenters. The van der Waals surface area contributed by atoms with E-state index in [2.05, 4.69) is 5.32 Å². The van der Waals surface area contributed by atoms with E-state index >= 15 is 0 Å². The summed E-state index contributed by atoms with van der Waals surface area (Å²) in [4.78, 5) is 0. The molecule has 1 fully saturated rings. The SMILES string of the molecule is CNC1CCCCC(Cc2cccc(F)c2F)C1. The predicted octanol–water partition coefficient (Wildman–Crippen LogP) is 3.68. The third-order valence-electron chi connectivity index (χ3n) is 3.98. The Kier molecular flexibility index (Phi) is 4.70. The molecule has 0 aliphatic heterocycles. The first-order valence-electron chi connectivity index (χ1n) is 6.81. The highest BCUT2D eigenvalue weighted by molar-refractivity contribution is 5.19. The Morgan fingerprint density at radius 2 is 2.00 bits per heavy atom. The van der Waals surface area contributed by atoms with E-state index in [9.17, 15) is 8.78 Å². The third-order valence-corrected chi connectivity index (χ3v) is 3.98. The molecule has 0 radical (unpaired) electrons. The second-order valence-electron chi connectivity index (χ2n) is 5.29. The van der Waals surface area contributed by atoms with Gasteiger partial charge >= 0.3 is 0 Å². The summed E-state index contributed by atoms with van der Waals surface area (Å²) in [5.74, 6) is -0.935. The minimum atomic E-state index is -0.730. The molecule has 0 aromatic heterocycles. The minimum Gasteiger partial charge on any atom is -0.317 e. The predicted molar refractivity (Wildman–Crippen MR) is 69.5 cm³/mol. The molecule has 1 aromatic carbocycles. The zero-order valence-electron chi connectivity index (χ0n) is 10.9. The zero-order valence-corrected chi connectivity index (χ0v) is 10.9. The molecule has 1 aromatic rings. The molecule has 100 valence electrons. The molecule has 1 aliphatic carbocycles. The lowest BCUT2D eigenvalue weighted by Gasteiger charge is -2.19. The van der Waals surface area contributed by atoms with Crippen molar-refractivity contribution in [3.8, 4) is 0 Å². The van der Waals surface area contributed by atoms with Gasteiger partial charge in [0.15, 0.2) is 11.6 Å². The lowest BCUT2D eigenvalue weighted by Crippen LogP contribution is -2.27. The van der Waals surface area contributed by atoms with Crippen LogP contribution in [-0.4, -0.2) is 13.1 Å². The highest BCUT2D eigenvalue weighted by atomic mass is 19.2. The van der Waals surface area contributed by atoms with Crippen LogP contribution < -0.4 is 5.32 Å². The molecular weight excluding hydrogens is 232 g/mol. The summed E-state index contributed by atoms with van der Waals surface area (Å²) < 4.78 is 26.8. The highest BCUT2D eigenvalue weighted by Crippen LogP contribution is 2.27. The van der Waals surface area contributed by atoms with E-state index in [1.54, 1.807) is 12.1 Å². The molecule has 0 spiro atoms. The van der Waals surface area contributed by atoms with Crippen LogP contribution in [0.25, 0.3) is 0 Å². The molecule has 2 unspecified atom stereocenters. The molecule has 1 N–H and O–H groups in total. The summed E-state index contributed by atoms with van der Waals surface area (Å²) in [6.07, 6.45) is 6.45. The summed E-state index contributed by atoms with van der Waals surface area (Å²) in [7, 11) is 1.98. The lowest BCUT2D eigenvalue weighted by molar-refractivity contribution is 0.392. The van der Waals surface area contributed by atoms with Crippen LogP contribution in [0.5, 0.6) is 0 Å². The van der Waals surface area contributed by atoms with E-state index < -0.39 is 11.6 Å². The van der Waals surface area contributed by atoms with E-state index in [1.165, 1.54) is 25.3 Å². The summed E-state index contributed by atoms with van der Waals surface area (Å²) in [6.45, 7) is 0. The van der Waals surface area contributed by atoms with Gasteiger partial charge < -0.3 is 5.32 Å². The Bertz CT molecular complexity index is 392. The van der Waals surface area contributed by atoms with Crippen molar-refractivity contribution in [2.45, 2.75) is 44.6 Å². The first-order valence-corrected chi connectivity index (χ1v) is 6.81. The minimum absolute atomic E-state index is 0.459. The van der Waals surface area contributed by atoms with E-state index in [0.717, 1.165) is 12.8 Å². The Balaban J connectivity index is 2.05. The quantitative estimate of drug-likeness (QED) is 0.810. The Hall–Kier alpha value is -0.960. The van der Waals surface area contributed by atoms with Crippen LogP contribution in [0, 0.1) is 17.6 Å². The Morgan fingerprint density at radius 3 is 2.78 bits per heavy atom. The smallest absolute Gasteiger partial charge is 0.162 e. The van der Waals surface area contributed by atoms with Gasteiger partial charge in [0.05, 0.1) is 0 Å². The average Bonchev–Trinajstić information content (AvgIpc) is 2.60. The van der Waals surface area contributed by atoms with Crippen molar-refractivity contribution < 1.29 is 8.78 Å². The van der Waals surface area contributed by atoms with Crippen LogP contribution in [0.3, 0.4) is 0 Å². The Labute approximate surface area is 108 Å². The van der Waals surface area contributed by atoms with Crippen molar-refractivity contribution >= 4 is 0 Å². The van der Waals surface area contributed by atoms with E-state index in [4.69, 9.17) is 0 Å². The maximum atomic E-state index is 13.6. The van der Waals surface area contributed by atoms with Gasteiger partial charge in [0, 0.05) is 6.04 Å². The van der Waals surface area contributed by atoms with Crippen molar-refractivity contribution in [2.24, 2.45) is 5.92 Å². The second-order valence-corrected chi connectivity index (χ2v) is 5.29. The molecule has 1 nitrogen and oxygen atoms in total. The molecular formula is C15H21F2N. The van der Waals surface area contributed by atoms with Crippen molar-refractivity contribution in [1.29, 1.82) is 0 Å². The molecule has 0 bridgehead atoms. The standard InChI is InChI=1S/C15H21F2N/c1-18-13-7-3-2-5-11(10-13)9-12-6-4-8-14(16)15(12)17/h4,6,8,11,13,18H,2-3,5,7,9-10H2,1H3. The molecule has 0 amide bonds. The van der Waals surface area contributed by atoms with Gasteiger partial charge in [-0.15, -0.1) is 0 Å². The summed E-state index contributed by atoms with van der Waals surface area (Å²) >= 11 is 0. The number of rotatable bonds is 3. The van der Waals surface area contributed by atoms with Crippen LogP contribution in [0.2, 0.25) is 0 Å². The zero-order chi connectivity index (χ0) is 13.0. The van der Waals surface area contributed by atoms with Crippen LogP contribution in [0.15, 0.2) is 18.2 Å². The van der Waals surface area contributed by atoms with Crippen LogP contribution in [-0.2, 0) is 6.42 Å². The van der Waals surface area contributed by atoms with E-state index in [1.807, 2.05) is 7.05 Å². The van der Waals surface area contributed by atoms with Gasteiger partial charge in [-0.05, 0) is 43.9 Å². The fourth-order valence-corrected chi connectivity index (χ4v) is 2.93. The van der Waals surface area contributed by atoms with Gasteiger partial charge in [0.1, 0.15) is 0 Å². The summed E-state index contributed by atoms with van der Waals surface area (Å²) in [6, 6.07) is 5.01. The average molecular weight is 253 g/mol. The molecule has 1 aliphatic rings. The van der Waals surface area contributed by atoms with E-state index in [-0.39, 0.29) is 0 Å². The summed E-state index contributed by atoms with van der Waals surface area (Å²) in [5, 5.41) is 3.32. The molecule has 1 saturated carbocycles. The number of hydrogen-bond donors (Lipinski definition) is 1. The third kappa shape index (κ3) is 3.29. The van der Waals surface area contributed by atoms with Gasteiger partial charge in [-0.25, -0.2) is 8.78 Å². The molecule has 3 heteroatoms. The first kappa shape index (κ1) is 13.5. The fraction of sp³-hybridized carbons (Fsp3) is 0.600. The largest absolute Gasteiger partial charge is 0.317 e. The number of nitrogens with one attached hydrogen (secondary N) is 1. The summed E-state index contributed by atoms with van der Waals surface area (Å²) in [5.41, 5.74) is 0.525. The van der Waals surface area contributed by atoms with Gasteiger partial charge in [-0.2, -0.15) is 0 Å². The molecule has 0 heterocycles.